The fraction of sp³-hybridized carbons (Fsp3) is 0.650. The largest absolute Gasteiger partial charge is 0.380 e. The van der Waals surface area contributed by atoms with Gasteiger partial charge in [0, 0.05) is 57.1 Å². The zero-order valence-corrected chi connectivity index (χ0v) is 15.8. The van der Waals surface area contributed by atoms with Crippen molar-refractivity contribution in [2.24, 2.45) is 0 Å². The Morgan fingerprint density at radius 1 is 1.08 bits per heavy atom. The maximum atomic E-state index is 10.7. The number of piperazine rings is 1. The molecule has 0 radical (unpaired) electrons. The maximum absolute atomic E-state index is 10.7. The molecule has 0 N–H and O–H groups in total. The average molecular weight is 348 g/mol. The van der Waals surface area contributed by atoms with Crippen LogP contribution in [0.2, 0.25) is 0 Å². The average Bonchev–Trinajstić information content (AvgIpc) is 2.65. The molecule has 5 nitrogen and oxygen atoms in total. The minimum Gasteiger partial charge on any atom is -0.380 e. The molecule has 0 unspecified atom stereocenters. The number of aldehydes is 1. The van der Waals surface area contributed by atoms with Gasteiger partial charge in [-0.1, -0.05) is 6.92 Å². The summed E-state index contributed by atoms with van der Waals surface area (Å²) in [5.74, 6) is 0. The Labute approximate surface area is 152 Å². The van der Waals surface area contributed by atoms with Crippen molar-refractivity contribution in [1.82, 2.24) is 9.80 Å². The molecule has 0 atom stereocenters. The Bertz CT molecular complexity index is 484. The van der Waals surface area contributed by atoms with E-state index in [1.54, 1.807) is 0 Å². The zero-order valence-electron chi connectivity index (χ0n) is 15.8. The minimum atomic E-state index is 0.737. The molecule has 0 bridgehead atoms. The molecule has 0 amide bonds. The number of nitrogens with zero attached hydrogens (tertiary/aromatic N) is 3. The molecule has 1 aliphatic heterocycles. The van der Waals surface area contributed by atoms with Gasteiger partial charge in [0.05, 0.1) is 6.61 Å². The summed E-state index contributed by atoms with van der Waals surface area (Å²) in [7, 11) is 2.18. The van der Waals surface area contributed by atoms with Crippen LogP contribution in [0.15, 0.2) is 24.3 Å². The summed E-state index contributed by atoms with van der Waals surface area (Å²) in [6, 6.07) is 7.86. The fourth-order valence-electron chi connectivity index (χ4n) is 3.22. The highest BCUT2D eigenvalue weighted by atomic mass is 16.5. The first-order valence-electron chi connectivity index (χ1n) is 9.51. The summed E-state index contributed by atoms with van der Waals surface area (Å²) in [6.45, 7) is 11.4. The highest BCUT2D eigenvalue weighted by Crippen LogP contribution is 2.16. The molecule has 1 aromatic carbocycles. The molecule has 0 aliphatic carbocycles. The smallest absolute Gasteiger partial charge is 0.150 e. The predicted molar refractivity (Wildman–Crippen MR) is 104 cm³/mol. The van der Waals surface area contributed by atoms with Gasteiger partial charge < -0.3 is 14.5 Å². The number of rotatable bonds is 11. The van der Waals surface area contributed by atoms with E-state index in [0.717, 1.165) is 70.8 Å². The second-order valence-electron chi connectivity index (χ2n) is 6.81. The third kappa shape index (κ3) is 7.14. The quantitative estimate of drug-likeness (QED) is 0.454. The Kier molecular flexibility index (Phi) is 8.94. The molecule has 1 fully saturated rings. The van der Waals surface area contributed by atoms with Gasteiger partial charge in [0.2, 0.25) is 0 Å². The molecule has 1 aromatic rings. The van der Waals surface area contributed by atoms with Gasteiger partial charge >= 0.3 is 0 Å². The molecule has 1 saturated heterocycles. The molecule has 0 spiro atoms. The molecule has 5 heteroatoms. The Hall–Kier alpha value is -1.43. The number of anilines is 1. The van der Waals surface area contributed by atoms with Crippen LogP contribution < -0.4 is 4.90 Å². The Morgan fingerprint density at radius 3 is 2.44 bits per heavy atom. The lowest BCUT2D eigenvalue weighted by molar-refractivity contribution is 0.0948. The van der Waals surface area contributed by atoms with Crippen molar-refractivity contribution >= 4 is 12.0 Å². The van der Waals surface area contributed by atoms with Crippen LogP contribution in [0, 0.1) is 0 Å². The number of carbonyl (C=O) groups excluding carboxylic acids is 1. The maximum Gasteiger partial charge on any atom is 0.150 e. The van der Waals surface area contributed by atoms with E-state index in [2.05, 4.69) is 28.7 Å². The molecule has 25 heavy (non-hydrogen) atoms. The normalized spacial score (nSPS) is 15.7. The predicted octanol–water partition coefficient (Wildman–Crippen LogP) is 2.37. The van der Waals surface area contributed by atoms with E-state index in [4.69, 9.17) is 4.74 Å². The van der Waals surface area contributed by atoms with Crippen LogP contribution in [-0.2, 0) is 4.74 Å². The summed E-state index contributed by atoms with van der Waals surface area (Å²) in [5, 5.41) is 0. The van der Waals surface area contributed by atoms with Crippen LogP contribution in [-0.4, -0.2) is 82.2 Å². The van der Waals surface area contributed by atoms with Gasteiger partial charge in [0.25, 0.3) is 0 Å². The van der Waals surface area contributed by atoms with Crippen molar-refractivity contribution in [3.05, 3.63) is 29.8 Å². The first kappa shape index (κ1) is 19.9. The standard InChI is InChI=1S/C20H33N3O2/c1-3-9-21(2)10-4-16-25-17-15-22-11-13-23(14-12-22)20-7-5-19(18-24)6-8-20/h5-8,18H,3-4,9-17H2,1-2H3. The van der Waals surface area contributed by atoms with E-state index in [0.29, 0.717) is 0 Å². The van der Waals surface area contributed by atoms with Crippen molar-refractivity contribution in [2.75, 3.05) is 71.0 Å². The zero-order chi connectivity index (χ0) is 17.9. The minimum absolute atomic E-state index is 0.737. The van der Waals surface area contributed by atoms with Gasteiger partial charge in [-0.3, -0.25) is 9.69 Å². The van der Waals surface area contributed by atoms with Gasteiger partial charge in [-0.25, -0.2) is 0 Å². The topological polar surface area (TPSA) is 36.0 Å². The summed E-state index contributed by atoms with van der Waals surface area (Å²) in [4.78, 5) is 18.0. The van der Waals surface area contributed by atoms with Crippen LogP contribution in [0.5, 0.6) is 0 Å². The second-order valence-corrected chi connectivity index (χ2v) is 6.81. The fourth-order valence-corrected chi connectivity index (χ4v) is 3.22. The van der Waals surface area contributed by atoms with Crippen LogP contribution in [0.25, 0.3) is 0 Å². The number of ether oxygens (including phenoxy) is 1. The highest BCUT2D eigenvalue weighted by molar-refractivity contribution is 5.75. The SMILES string of the molecule is CCCN(C)CCCOCCN1CCN(c2ccc(C=O)cc2)CC1. The molecular weight excluding hydrogens is 314 g/mol. The third-order valence-corrected chi connectivity index (χ3v) is 4.75. The summed E-state index contributed by atoms with van der Waals surface area (Å²) >= 11 is 0. The van der Waals surface area contributed by atoms with Gasteiger partial charge in [0.15, 0.2) is 0 Å². The van der Waals surface area contributed by atoms with Crippen molar-refractivity contribution in [2.45, 2.75) is 19.8 Å². The number of benzene rings is 1. The van der Waals surface area contributed by atoms with Crippen LogP contribution >= 0.6 is 0 Å². The monoisotopic (exact) mass is 347 g/mol. The molecular formula is C20H33N3O2. The summed E-state index contributed by atoms with van der Waals surface area (Å²) in [6.07, 6.45) is 3.22. The molecule has 0 saturated carbocycles. The molecule has 1 heterocycles. The van der Waals surface area contributed by atoms with E-state index in [1.165, 1.54) is 18.7 Å². The van der Waals surface area contributed by atoms with Crippen LogP contribution in [0.3, 0.4) is 0 Å². The Morgan fingerprint density at radius 2 is 1.80 bits per heavy atom. The van der Waals surface area contributed by atoms with Gasteiger partial charge in [0.1, 0.15) is 6.29 Å². The van der Waals surface area contributed by atoms with Crippen molar-refractivity contribution < 1.29 is 9.53 Å². The lowest BCUT2D eigenvalue weighted by Crippen LogP contribution is -2.47. The van der Waals surface area contributed by atoms with E-state index >= 15 is 0 Å². The van der Waals surface area contributed by atoms with Crippen molar-refractivity contribution in [3.63, 3.8) is 0 Å². The second kappa shape index (κ2) is 11.2. The number of hydrogen-bond acceptors (Lipinski definition) is 5. The number of hydrogen-bond donors (Lipinski definition) is 0. The summed E-state index contributed by atoms with van der Waals surface area (Å²) in [5.41, 5.74) is 1.94. The first-order valence-corrected chi connectivity index (χ1v) is 9.51. The Balaban J connectivity index is 1.55. The molecule has 0 aromatic heterocycles. The lowest BCUT2D eigenvalue weighted by Gasteiger charge is -2.36. The van der Waals surface area contributed by atoms with E-state index in [1.807, 2.05) is 24.3 Å². The summed E-state index contributed by atoms with van der Waals surface area (Å²) < 4.78 is 5.79. The number of carbonyl (C=O) groups is 1. The molecule has 1 aliphatic rings. The van der Waals surface area contributed by atoms with Crippen LogP contribution in [0.4, 0.5) is 5.69 Å². The van der Waals surface area contributed by atoms with E-state index in [-0.39, 0.29) is 0 Å². The molecule has 140 valence electrons. The van der Waals surface area contributed by atoms with Crippen molar-refractivity contribution in [1.29, 1.82) is 0 Å². The van der Waals surface area contributed by atoms with E-state index in [9.17, 15) is 4.79 Å². The van der Waals surface area contributed by atoms with Crippen LogP contribution in [0.1, 0.15) is 30.1 Å². The highest BCUT2D eigenvalue weighted by Gasteiger charge is 2.16. The molecule has 2 rings (SSSR count). The van der Waals surface area contributed by atoms with Gasteiger partial charge in [-0.2, -0.15) is 0 Å². The van der Waals surface area contributed by atoms with E-state index < -0.39 is 0 Å². The third-order valence-electron chi connectivity index (χ3n) is 4.75. The van der Waals surface area contributed by atoms with Gasteiger partial charge in [-0.15, -0.1) is 0 Å². The lowest BCUT2D eigenvalue weighted by atomic mass is 10.2. The van der Waals surface area contributed by atoms with Crippen molar-refractivity contribution in [3.8, 4) is 0 Å². The first-order chi connectivity index (χ1) is 12.2. The van der Waals surface area contributed by atoms with Gasteiger partial charge in [-0.05, 0) is 50.7 Å².